The Balaban J connectivity index is 2.38. The smallest absolute Gasteiger partial charge is 0.207 e. The second-order valence-electron chi connectivity index (χ2n) is 4.72. The molecule has 0 fully saturated rings. The molecule has 0 saturated carbocycles. The lowest BCUT2D eigenvalue weighted by Gasteiger charge is -2.24. The van der Waals surface area contributed by atoms with Crippen molar-refractivity contribution in [3.05, 3.63) is 50.4 Å². The van der Waals surface area contributed by atoms with Gasteiger partial charge in [-0.05, 0) is 60.1 Å². The predicted molar refractivity (Wildman–Crippen MR) is 86.5 cm³/mol. The largest absolute Gasteiger partial charge is 0.244 e. The van der Waals surface area contributed by atoms with Crippen LogP contribution in [0.2, 0.25) is 0 Å². The highest BCUT2D eigenvalue weighted by atomic mass is 79.9. The van der Waals surface area contributed by atoms with E-state index in [1.54, 1.807) is 11.3 Å². The van der Waals surface area contributed by atoms with E-state index in [4.69, 9.17) is 0 Å². The molecule has 2 aromatic rings. The molecule has 1 aromatic carbocycles. The highest BCUT2D eigenvalue weighted by Crippen LogP contribution is 2.32. The molecule has 0 aliphatic carbocycles. The maximum Gasteiger partial charge on any atom is 0.244 e. The molecule has 1 heterocycles. The molecule has 21 heavy (non-hydrogen) atoms. The van der Waals surface area contributed by atoms with Gasteiger partial charge in [0.25, 0.3) is 0 Å². The first kappa shape index (κ1) is 16.6. The third-order valence-corrected chi connectivity index (χ3v) is 7.35. The molecule has 114 valence electrons. The summed E-state index contributed by atoms with van der Waals surface area (Å²) < 4.78 is 40.0. The number of hydrogen-bond acceptors (Lipinski definition) is 3. The molecule has 1 aromatic heterocycles. The van der Waals surface area contributed by atoms with Crippen LogP contribution in [-0.2, 0) is 10.0 Å². The first-order valence-corrected chi connectivity index (χ1v) is 9.28. The van der Waals surface area contributed by atoms with Crippen molar-refractivity contribution in [1.82, 2.24) is 4.31 Å². The maximum absolute atomic E-state index is 13.1. The monoisotopic (exact) mass is 391 g/mol. The molecule has 1 unspecified atom stereocenters. The molecule has 0 radical (unpaired) electrons. The van der Waals surface area contributed by atoms with Crippen LogP contribution >= 0.6 is 27.3 Å². The van der Waals surface area contributed by atoms with Gasteiger partial charge in [0.2, 0.25) is 10.0 Å². The van der Waals surface area contributed by atoms with Gasteiger partial charge >= 0.3 is 0 Å². The van der Waals surface area contributed by atoms with E-state index < -0.39 is 15.8 Å². The van der Waals surface area contributed by atoms with Crippen LogP contribution in [-0.4, -0.2) is 19.8 Å². The summed E-state index contributed by atoms with van der Waals surface area (Å²) in [6, 6.07) is 7.18. The first-order valence-electron chi connectivity index (χ1n) is 6.23. The fraction of sp³-hybridized carbons (Fsp3) is 0.286. The Labute approximate surface area is 136 Å². The Bertz CT molecular complexity index is 758. The van der Waals surface area contributed by atoms with E-state index in [0.717, 1.165) is 21.9 Å². The van der Waals surface area contributed by atoms with Gasteiger partial charge in [0.1, 0.15) is 5.82 Å². The van der Waals surface area contributed by atoms with E-state index in [9.17, 15) is 12.8 Å². The molecule has 0 bridgehead atoms. The van der Waals surface area contributed by atoms with Crippen molar-refractivity contribution in [3.8, 4) is 0 Å². The molecule has 0 spiro atoms. The van der Waals surface area contributed by atoms with Gasteiger partial charge in [-0.2, -0.15) is 4.31 Å². The molecular weight excluding hydrogens is 377 g/mol. The van der Waals surface area contributed by atoms with Crippen LogP contribution in [0.5, 0.6) is 0 Å². The number of halogens is 2. The highest BCUT2D eigenvalue weighted by molar-refractivity contribution is 9.10. The first-order chi connectivity index (χ1) is 9.73. The summed E-state index contributed by atoms with van der Waals surface area (Å²) in [7, 11) is -2.17. The van der Waals surface area contributed by atoms with Gasteiger partial charge in [0.15, 0.2) is 0 Å². The summed E-state index contributed by atoms with van der Waals surface area (Å²) in [6.45, 7) is 3.81. The Morgan fingerprint density at radius 1 is 1.29 bits per heavy atom. The fourth-order valence-electron chi connectivity index (χ4n) is 1.90. The maximum atomic E-state index is 13.1. The van der Waals surface area contributed by atoms with Crippen LogP contribution < -0.4 is 0 Å². The summed E-state index contributed by atoms with van der Waals surface area (Å²) in [4.78, 5) is 2.16. The van der Waals surface area contributed by atoms with Crippen LogP contribution in [0.4, 0.5) is 4.39 Å². The van der Waals surface area contributed by atoms with E-state index in [2.05, 4.69) is 15.9 Å². The lowest BCUT2D eigenvalue weighted by Crippen LogP contribution is -2.29. The summed E-state index contributed by atoms with van der Waals surface area (Å²) in [5.41, 5.74) is 0. The van der Waals surface area contributed by atoms with Crippen molar-refractivity contribution in [2.45, 2.75) is 24.8 Å². The fourth-order valence-corrected chi connectivity index (χ4v) is 5.29. The molecule has 7 heteroatoms. The predicted octanol–water partition coefficient (Wildman–Crippen LogP) is 4.34. The zero-order valence-corrected chi connectivity index (χ0v) is 15.0. The molecule has 0 saturated heterocycles. The van der Waals surface area contributed by atoms with Gasteiger partial charge in [-0.3, -0.25) is 0 Å². The lowest BCUT2D eigenvalue weighted by atomic mass is 10.3. The molecule has 0 N–H and O–H groups in total. The van der Waals surface area contributed by atoms with Crippen molar-refractivity contribution in [1.29, 1.82) is 0 Å². The highest BCUT2D eigenvalue weighted by Gasteiger charge is 2.28. The van der Waals surface area contributed by atoms with Crippen LogP contribution in [0.3, 0.4) is 0 Å². The van der Waals surface area contributed by atoms with Crippen LogP contribution in [0.25, 0.3) is 0 Å². The van der Waals surface area contributed by atoms with E-state index in [1.165, 1.54) is 17.4 Å². The Morgan fingerprint density at radius 2 is 1.95 bits per heavy atom. The van der Waals surface area contributed by atoms with Gasteiger partial charge < -0.3 is 0 Å². The minimum absolute atomic E-state index is 0.0616. The Morgan fingerprint density at radius 3 is 2.48 bits per heavy atom. The van der Waals surface area contributed by atoms with Gasteiger partial charge in [-0.15, -0.1) is 11.3 Å². The number of thiophene rings is 1. The number of aryl methyl sites for hydroxylation is 1. The van der Waals surface area contributed by atoms with Crippen LogP contribution in [0.1, 0.15) is 22.7 Å². The number of hydrogen-bond donors (Lipinski definition) is 0. The van der Waals surface area contributed by atoms with Crippen molar-refractivity contribution >= 4 is 37.3 Å². The molecular formula is C14H15BrFNO2S2. The van der Waals surface area contributed by atoms with E-state index >= 15 is 0 Å². The minimum atomic E-state index is -3.70. The zero-order chi connectivity index (χ0) is 15.8. The second-order valence-corrected chi connectivity index (χ2v) is 8.86. The number of nitrogens with zero attached hydrogens (tertiary/aromatic N) is 1. The summed E-state index contributed by atoms with van der Waals surface area (Å²) >= 11 is 4.68. The SMILES string of the molecule is Cc1ccc(C(C)N(C)S(=O)(=O)c2ccc(F)cc2Br)s1. The van der Waals surface area contributed by atoms with Gasteiger partial charge in [0, 0.05) is 21.3 Å². The molecule has 2 rings (SSSR count). The summed E-state index contributed by atoms with van der Waals surface area (Å²) in [5, 5.41) is 0. The Hall–Kier alpha value is -0.760. The normalized spacial score (nSPS) is 13.6. The molecule has 0 aliphatic rings. The van der Waals surface area contributed by atoms with Gasteiger partial charge in [-0.25, -0.2) is 12.8 Å². The summed E-state index contributed by atoms with van der Waals surface area (Å²) in [6.07, 6.45) is 0. The number of benzene rings is 1. The minimum Gasteiger partial charge on any atom is -0.207 e. The quantitative estimate of drug-likeness (QED) is 0.776. The average Bonchev–Trinajstić information content (AvgIpc) is 2.83. The van der Waals surface area contributed by atoms with Crippen molar-refractivity contribution < 1.29 is 12.8 Å². The lowest BCUT2D eigenvalue weighted by molar-refractivity contribution is 0.402. The Kier molecular flexibility index (Phi) is 4.87. The average molecular weight is 392 g/mol. The van der Waals surface area contributed by atoms with Crippen LogP contribution in [0, 0.1) is 12.7 Å². The second kappa shape index (κ2) is 6.16. The van der Waals surface area contributed by atoms with Gasteiger partial charge in [0.05, 0.1) is 10.9 Å². The third-order valence-electron chi connectivity index (χ3n) is 3.27. The van der Waals surface area contributed by atoms with Crippen molar-refractivity contribution in [3.63, 3.8) is 0 Å². The number of sulfonamides is 1. The van der Waals surface area contributed by atoms with E-state index in [0.29, 0.717) is 0 Å². The topological polar surface area (TPSA) is 37.4 Å². The molecule has 0 aliphatic heterocycles. The summed E-state index contributed by atoms with van der Waals surface area (Å²) in [5.74, 6) is -0.481. The van der Waals surface area contributed by atoms with Crippen molar-refractivity contribution in [2.24, 2.45) is 0 Å². The molecule has 0 amide bonds. The number of rotatable bonds is 4. The van der Waals surface area contributed by atoms with Crippen LogP contribution in [0.15, 0.2) is 39.7 Å². The molecule has 1 atom stereocenters. The third kappa shape index (κ3) is 3.36. The van der Waals surface area contributed by atoms with E-state index in [-0.39, 0.29) is 15.4 Å². The standard InChI is InChI=1S/C14H15BrFNO2S2/c1-9-4-6-13(20-9)10(2)17(3)21(18,19)14-7-5-11(16)8-12(14)15/h4-8,10H,1-3H3. The van der Waals surface area contributed by atoms with E-state index in [1.807, 2.05) is 26.0 Å². The van der Waals surface area contributed by atoms with Crippen molar-refractivity contribution in [2.75, 3.05) is 7.05 Å². The zero-order valence-electron chi connectivity index (χ0n) is 11.8. The van der Waals surface area contributed by atoms with Gasteiger partial charge in [-0.1, -0.05) is 0 Å². The molecule has 3 nitrogen and oxygen atoms in total.